The van der Waals surface area contributed by atoms with Gasteiger partial charge in [-0.2, -0.15) is 14.0 Å². The number of alkyl halides is 2. The summed E-state index contributed by atoms with van der Waals surface area (Å²) in [4.78, 5) is 15.9. The molecule has 1 aromatic carbocycles. The fourth-order valence-electron chi connectivity index (χ4n) is 3.27. The van der Waals surface area contributed by atoms with Crippen molar-refractivity contribution in [2.75, 3.05) is 0 Å². The Kier molecular flexibility index (Phi) is 6.62. The summed E-state index contributed by atoms with van der Waals surface area (Å²) in [5.74, 6) is -3.89. The first-order valence-electron chi connectivity index (χ1n) is 9.26. The smallest absolute Gasteiger partial charge is 0.341 e. The van der Waals surface area contributed by atoms with Gasteiger partial charge in [-0.05, 0) is 43.9 Å². The predicted octanol–water partition coefficient (Wildman–Crippen LogP) is 3.07. The largest absolute Gasteiger partial charge is 0.474 e. The number of hydrogen-bond donors (Lipinski definition) is 1. The highest BCUT2D eigenvalue weighted by Gasteiger charge is 2.32. The second-order valence-corrected chi connectivity index (χ2v) is 8.75. The summed E-state index contributed by atoms with van der Waals surface area (Å²) in [5, 5.41) is 11.5. The Balaban J connectivity index is 1.59. The van der Waals surface area contributed by atoms with Gasteiger partial charge in [-0.3, -0.25) is 4.79 Å². The van der Waals surface area contributed by atoms with E-state index < -0.39 is 26.4 Å². The van der Waals surface area contributed by atoms with Gasteiger partial charge in [0.2, 0.25) is 15.7 Å². The molecule has 1 aromatic heterocycles. The molecule has 1 aliphatic rings. The van der Waals surface area contributed by atoms with Crippen LogP contribution in [0, 0.1) is 11.3 Å². The normalized spacial score (nSPS) is 19.1. The van der Waals surface area contributed by atoms with Crippen molar-refractivity contribution in [3.8, 4) is 11.9 Å². The molecule has 7 nitrogen and oxygen atoms in total. The van der Waals surface area contributed by atoms with Crippen LogP contribution in [0.2, 0.25) is 0 Å². The average molecular weight is 435 g/mol. The fourth-order valence-corrected chi connectivity index (χ4v) is 4.20. The molecule has 10 heteroatoms. The minimum absolute atomic E-state index is 0.106. The van der Waals surface area contributed by atoms with Crippen molar-refractivity contribution in [2.45, 2.75) is 48.5 Å². The van der Waals surface area contributed by atoms with Crippen LogP contribution in [-0.4, -0.2) is 37.2 Å². The lowest BCUT2D eigenvalue weighted by Gasteiger charge is -2.29. The molecule has 0 unspecified atom stereocenters. The summed E-state index contributed by atoms with van der Waals surface area (Å²) in [6.45, 7) is 0. The Morgan fingerprint density at radius 3 is 2.47 bits per heavy atom. The van der Waals surface area contributed by atoms with Gasteiger partial charge in [-0.1, -0.05) is 12.1 Å². The highest BCUT2D eigenvalue weighted by molar-refractivity contribution is 7.91. The Hall–Kier alpha value is -3.06. The van der Waals surface area contributed by atoms with E-state index in [0.29, 0.717) is 37.1 Å². The molecule has 0 saturated heterocycles. The molecule has 2 aromatic rings. The van der Waals surface area contributed by atoms with Crippen LogP contribution in [0.15, 0.2) is 47.5 Å². The molecule has 1 fully saturated rings. The number of nitrogens with zero attached hydrogens (tertiary/aromatic N) is 2. The number of nitriles is 1. The molecular formula is C20H19F2N3O4S. The Bertz CT molecular complexity index is 1040. The van der Waals surface area contributed by atoms with E-state index in [4.69, 9.17) is 10.00 Å². The highest BCUT2D eigenvalue weighted by atomic mass is 32.2. The SMILES string of the molecule is N#Cc1ccc(OC2CCC(NC(=O)c3ccccc3S(=O)(=O)C(F)F)CC2)nc1. The van der Waals surface area contributed by atoms with E-state index in [0.717, 1.165) is 6.07 Å². The number of aromatic nitrogens is 1. The zero-order valence-electron chi connectivity index (χ0n) is 15.8. The van der Waals surface area contributed by atoms with Crippen LogP contribution in [0.25, 0.3) is 0 Å². The fraction of sp³-hybridized carbons (Fsp3) is 0.350. The van der Waals surface area contributed by atoms with Crippen molar-refractivity contribution in [2.24, 2.45) is 0 Å². The van der Waals surface area contributed by atoms with E-state index in [9.17, 15) is 22.0 Å². The third kappa shape index (κ3) is 4.91. The Morgan fingerprint density at radius 1 is 1.17 bits per heavy atom. The van der Waals surface area contributed by atoms with Gasteiger partial charge in [0.15, 0.2) is 0 Å². The monoisotopic (exact) mass is 435 g/mol. The van der Waals surface area contributed by atoms with Crippen LogP contribution < -0.4 is 10.1 Å². The van der Waals surface area contributed by atoms with E-state index in [2.05, 4.69) is 10.3 Å². The summed E-state index contributed by atoms with van der Waals surface area (Å²) in [6, 6.07) is 9.92. The molecule has 1 aliphatic carbocycles. The van der Waals surface area contributed by atoms with E-state index in [1.807, 2.05) is 6.07 Å². The summed E-state index contributed by atoms with van der Waals surface area (Å²) in [7, 11) is -4.88. The number of nitrogens with one attached hydrogen (secondary N) is 1. The van der Waals surface area contributed by atoms with Crippen molar-refractivity contribution in [3.63, 3.8) is 0 Å². The first kappa shape index (κ1) is 21.6. The molecular weight excluding hydrogens is 416 g/mol. The lowest BCUT2D eigenvalue weighted by Crippen LogP contribution is -2.40. The number of carbonyl (C=O) groups is 1. The van der Waals surface area contributed by atoms with Crippen molar-refractivity contribution in [1.29, 1.82) is 5.26 Å². The standard InChI is InChI=1S/C20H19F2N3O4S/c21-20(22)30(27,28)17-4-2-1-3-16(17)19(26)25-14-6-8-15(9-7-14)29-18-10-5-13(11-23)12-24-18/h1-5,10,12,14-15,20H,6-9H2,(H,25,26). The van der Waals surface area contributed by atoms with Gasteiger partial charge in [0.1, 0.15) is 12.2 Å². The molecule has 0 radical (unpaired) electrons. The van der Waals surface area contributed by atoms with Crippen LogP contribution in [0.5, 0.6) is 5.88 Å². The van der Waals surface area contributed by atoms with Crippen molar-refractivity contribution in [1.82, 2.24) is 10.3 Å². The van der Waals surface area contributed by atoms with Gasteiger partial charge < -0.3 is 10.1 Å². The van der Waals surface area contributed by atoms with E-state index in [1.54, 1.807) is 12.1 Å². The first-order valence-corrected chi connectivity index (χ1v) is 10.8. The highest BCUT2D eigenvalue weighted by Crippen LogP contribution is 2.25. The number of ether oxygens (including phenoxy) is 1. The summed E-state index contributed by atoms with van der Waals surface area (Å²) >= 11 is 0. The van der Waals surface area contributed by atoms with Gasteiger partial charge in [-0.25, -0.2) is 13.4 Å². The Labute approximate surface area is 172 Å². The second-order valence-electron chi connectivity index (χ2n) is 6.86. The van der Waals surface area contributed by atoms with Crippen LogP contribution in [0.1, 0.15) is 41.6 Å². The van der Waals surface area contributed by atoms with Crippen molar-refractivity contribution < 1.29 is 26.7 Å². The molecule has 158 valence electrons. The van der Waals surface area contributed by atoms with Crippen LogP contribution >= 0.6 is 0 Å². The summed E-state index contributed by atoms with van der Waals surface area (Å²) < 4.78 is 55.3. The molecule has 1 amide bonds. The molecule has 0 aliphatic heterocycles. The van der Waals surface area contributed by atoms with Crippen molar-refractivity contribution >= 4 is 15.7 Å². The van der Waals surface area contributed by atoms with Gasteiger partial charge in [-0.15, -0.1) is 0 Å². The van der Waals surface area contributed by atoms with E-state index in [-0.39, 0.29) is 17.7 Å². The predicted molar refractivity (Wildman–Crippen MR) is 103 cm³/mol. The number of amides is 1. The maximum atomic E-state index is 12.9. The van der Waals surface area contributed by atoms with Gasteiger partial charge in [0.25, 0.3) is 5.91 Å². The number of pyridine rings is 1. The topological polar surface area (TPSA) is 109 Å². The van der Waals surface area contributed by atoms with Crippen LogP contribution in [0.4, 0.5) is 8.78 Å². The number of benzene rings is 1. The summed E-state index contributed by atoms with van der Waals surface area (Å²) in [5.41, 5.74) is 0.140. The van der Waals surface area contributed by atoms with Crippen LogP contribution in [-0.2, 0) is 9.84 Å². The molecule has 1 saturated carbocycles. The first-order chi connectivity index (χ1) is 14.3. The number of rotatable bonds is 6. The molecule has 0 spiro atoms. The van der Waals surface area contributed by atoms with Gasteiger partial charge >= 0.3 is 5.76 Å². The summed E-state index contributed by atoms with van der Waals surface area (Å²) in [6.07, 6.45) is 3.73. The van der Waals surface area contributed by atoms with E-state index >= 15 is 0 Å². The minimum Gasteiger partial charge on any atom is -0.474 e. The lowest BCUT2D eigenvalue weighted by molar-refractivity contribution is 0.0887. The quantitative estimate of drug-likeness (QED) is 0.747. The molecule has 3 rings (SSSR count). The zero-order valence-corrected chi connectivity index (χ0v) is 16.6. The molecule has 1 N–H and O–H groups in total. The molecule has 30 heavy (non-hydrogen) atoms. The van der Waals surface area contributed by atoms with Crippen LogP contribution in [0.3, 0.4) is 0 Å². The average Bonchev–Trinajstić information content (AvgIpc) is 2.75. The van der Waals surface area contributed by atoms with E-state index in [1.165, 1.54) is 24.4 Å². The second kappa shape index (κ2) is 9.17. The minimum atomic E-state index is -4.88. The Morgan fingerprint density at radius 2 is 1.87 bits per heavy atom. The number of carbonyl (C=O) groups excluding carboxylic acids is 1. The van der Waals surface area contributed by atoms with Crippen molar-refractivity contribution in [3.05, 3.63) is 53.7 Å². The maximum Gasteiger partial charge on any atom is 0.341 e. The molecule has 1 heterocycles. The van der Waals surface area contributed by atoms with Gasteiger partial charge in [0, 0.05) is 18.3 Å². The number of hydrogen-bond acceptors (Lipinski definition) is 6. The third-order valence-electron chi connectivity index (χ3n) is 4.84. The third-order valence-corrected chi connectivity index (χ3v) is 6.27. The molecule has 0 bridgehead atoms. The number of sulfone groups is 1. The lowest BCUT2D eigenvalue weighted by atomic mass is 9.92. The molecule has 0 atom stereocenters. The number of halogens is 2. The maximum absolute atomic E-state index is 12.9. The van der Waals surface area contributed by atoms with Gasteiger partial charge in [0.05, 0.1) is 16.0 Å². The zero-order chi connectivity index (χ0) is 21.7.